The number of methoxy groups -OCH3 is 1. The van der Waals surface area contributed by atoms with Crippen LogP contribution in [-0.2, 0) is 6.54 Å². The van der Waals surface area contributed by atoms with E-state index in [1.165, 1.54) is 0 Å². The molecule has 0 amide bonds. The number of halogens is 4. The van der Waals surface area contributed by atoms with E-state index in [1.54, 1.807) is 19.2 Å². The predicted molar refractivity (Wildman–Crippen MR) is 118 cm³/mol. The van der Waals surface area contributed by atoms with E-state index in [0.717, 1.165) is 5.56 Å². The summed E-state index contributed by atoms with van der Waals surface area (Å²) in [5.41, 5.74) is 0.903. The summed E-state index contributed by atoms with van der Waals surface area (Å²) in [6.07, 6.45) is -5.10. The van der Waals surface area contributed by atoms with Crippen molar-refractivity contribution in [1.29, 1.82) is 0 Å². The van der Waals surface area contributed by atoms with Crippen LogP contribution in [0.2, 0.25) is 0 Å². The van der Waals surface area contributed by atoms with Crippen LogP contribution in [0.4, 0.5) is 13.2 Å². The van der Waals surface area contributed by atoms with Crippen LogP contribution in [0, 0.1) is 0 Å². The lowest BCUT2D eigenvalue weighted by Gasteiger charge is -2.12. The molecule has 0 aliphatic rings. The minimum absolute atomic E-state index is 0. The quantitative estimate of drug-likeness (QED) is 0.287. The summed E-state index contributed by atoms with van der Waals surface area (Å²) in [6.45, 7) is 2.52. The van der Waals surface area contributed by atoms with Crippen LogP contribution in [0.15, 0.2) is 53.5 Å². The van der Waals surface area contributed by atoms with Crippen molar-refractivity contribution < 1.29 is 22.6 Å². The Labute approximate surface area is 185 Å². The van der Waals surface area contributed by atoms with Crippen molar-refractivity contribution in [2.75, 3.05) is 20.2 Å². The lowest BCUT2D eigenvalue weighted by molar-refractivity contribution is -0.132. The third kappa shape index (κ3) is 9.25. The number of alkyl halides is 3. The lowest BCUT2D eigenvalue weighted by atomic mass is 10.2. The van der Waals surface area contributed by atoms with Crippen molar-refractivity contribution >= 4 is 29.9 Å². The molecule has 0 heterocycles. The van der Waals surface area contributed by atoms with Gasteiger partial charge in [-0.15, -0.1) is 24.0 Å². The molecule has 2 aromatic rings. The van der Waals surface area contributed by atoms with Crippen molar-refractivity contribution in [3.63, 3.8) is 0 Å². The van der Waals surface area contributed by atoms with Gasteiger partial charge in [-0.2, -0.15) is 13.2 Å². The fourth-order valence-electron chi connectivity index (χ4n) is 2.33. The van der Waals surface area contributed by atoms with Gasteiger partial charge in [-0.1, -0.05) is 24.3 Å². The van der Waals surface area contributed by atoms with Crippen LogP contribution in [-0.4, -0.2) is 32.3 Å². The molecular formula is C20H25F3IN3O2. The normalized spacial score (nSPS) is 11.4. The maximum atomic E-state index is 12.3. The van der Waals surface area contributed by atoms with Crippen LogP contribution in [0.25, 0.3) is 0 Å². The lowest BCUT2D eigenvalue weighted by Crippen LogP contribution is -2.38. The first-order chi connectivity index (χ1) is 13.4. The van der Waals surface area contributed by atoms with Crippen LogP contribution in [0.3, 0.4) is 0 Å². The van der Waals surface area contributed by atoms with Gasteiger partial charge >= 0.3 is 6.18 Å². The van der Waals surface area contributed by atoms with Crippen molar-refractivity contribution in [1.82, 2.24) is 10.6 Å². The fraction of sp³-hybridized carbons (Fsp3) is 0.350. The summed E-state index contributed by atoms with van der Waals surface area (Å²) in [4.78, 5) is 4.31. The Kier molecular flexibility index (Phi) is 10.6. The van der Waals surface area contributed by atoms with Gasteiger partial charge in [0, 0.05) is 13.1 Å². The number of guanidine groups is 1. The summed E-state index contributed by atoms with van der Waals surface area (Å²) in [7, 11) is 1.58. The zero-order valence-electron chi connectivity index (χ0n) is 16.3. The molecule has 5 nitrogen and oxygen atoms in total. The number of nitrogens with zero attached hydrogens (tertiary/aromatic N) is 1. The fourth-order valence-corrected chi connectivity index (χ4v) is 2.33. The van der Waals surface area contributed by atoms with E-state index in [1.807, 2.05) is 43.3 Å². The highest BCUT2D eigenvalue weighted by Gasteiger charge is 2.26. The molecule has 0 radical (unpaired) electrons. The minimum atomic E-state index is -4.19. The van der Waals surface area contributed by atoms with Gasteiger partial charge in [0.05, 0.1) is 20.1 Å². The van der Waals surface area contributed by atoms with E-state index < -0.39 is 12.6 Å². The number of hydrogen-bond acceptors (Lipinski definition) is 3. The number of nitrogens with one attached hydrogen (secondary N) is 2. The predicted octanol–water partition coefficient (Wildman–Crippen LogP) is 5.11. The number of aliphatic imine (C=N–C) groups is 1. The highest BCUT2D eigenvalue weighted by atomic mass is 127. The van der Waals surface area contributed by atoms with Crippen molar-refractivity contribution in [3.8, 4) is 17.2 Å². The first kappa shape index (κ1) is 24.9. The average molecular weight is 523 g/mol. The Bertz CT molecular complexity index is 768. The molecule has 29 heavy (non-hydrogen) atoms. The Morgan fingerprint density at radius 1 is 1.00 bits per heavy atom. The molecule has 0 aliphatic carbocycles. The Morgan fingerprint density at radius 3 is 2.24 bits per heavy atom. The van der Waals surface area contributed by atoms with Gasteiger partial charge in [-0.05, 0) is 36.8 Å². The van der Waals surface area contributed by atoms with Crippen LogP contribution in [0.1, 0.15) is 18.9 Å². The van der Waals surface area contributed by atoms with Gasteiger partial charge in [0.25, 0.3) is 0 Å². The molecule has 2 N–H and O–H groups in total. The molecule has 0 atom stereocenters. The summed E-state index contributed by atoms with van der Waals surface area (Å²) < 4.78 is 47.9. The molecule has 0 bridgehead atoms. The molecule has 0 saturated carbocycles. The van der Waals surface area contributed by atoms with Gasteiger partial charge in [-0.25, -0.2) is 4.99 Å². The van der Waals surface area contributed by atoms with Gasteiger partial charge < -0.3 is 20.1 Å². The number of para-hydroxylation sites is 2. The van der Waals surface area contributed by atoms with Gasteiger partial charge in [0.1, 0.15) is 5.75 Å². The molecule has 2 rings (SSSR count). The molecule has 0 spiro atoms. The van der Waals surface area contributed by atoms with E-state index >= 15 is 0 Å². The number of benzene rings is 2. The van der Waals surface area contributed by atoms with Crippen LogP contribution in [0.5, 0.6) is 17.2 Å². The summed E-state index contributed by atoms with van der Waals surface area (Å²) in [5, 5.41) is 5.61. The second kappa shape index (κ2) is 12.4. The van der Waals surface area contributed by atoms with Gasteiger partial charge in [0.2, 0.25) is 0 Å². The highest BCUT2D eigenvalue weighted by Crippen LogP contribution is 2.30. The zero-order chi connectivity index (χ0) is 20.4. The first-order valence-corrected chi connectivity index (χ1v) is 8.90. The molecule has 0 aliphatic heterocycles. The van der Waals surface area contributed by atoms with E-state index in [9.17, 15) is 13.2 Å². The van der Waals surface area contributed by atoms with E-state index in [2.05, 4.69) is 15.6 Å². The maximum absolute atomic E-state index is 12.3. The van der Waals surface area contributed by atoms with Gasteiger partial charge in [-0.3, -0.25) is 0 Å². The molecule has 9 heteroatoms. The largest absolute Gasteiger partial charge is 0.493 e. The summed E-state index contributed by atoms with van der Waals surface area (Å²) >= 11 is 0. The number of ether oxygens (including phenoxy) is 2. The number of hydrogen-bond donors (Lipinski definition) is 2. The Balaban J connectivity index is 0.00000420. The summed E-state index contributed by atoms with van der Waals surface area (Å²) in [6, 6.07) is 14.7. The maximum Gasteiger partial charge on any atom is 0.390 e. The zero-order valence-corrected chi connectivity index (χ0v) is 18.6. The van der Waals surface area contributed by atoms with E-state index in [4.69, 9.17) is 9.47 Å². The summed E-state index contributed by atoms with van der Waals surface area (Å²) in [5.74, 6) is 2.24. The standard InChI is InChI=1S/C20H24F3N3O2.HI/c1-3-24-19(25-13-12-20(21,22)23)26-14-15-8-10-16(11-9-15)28-18-7-5-4-6-17(18)27-2;/h4-11H,3,12-14H2,1-2H3,(H2,24,25,26);1H. The SMILES string of the molecule is CCNC(=NCc1ccc(Oc2ccccc2OC)cc1)NCCC(F)(F)F.I. The van der Waals surface area contributed by atoms with Crippen molar-refractivity contribution in [2.45, 2.75) is 26.1 Å². The second-order valence-corrected chi connectivity index (χ2v) is 5.88. The topological polar surface area (TPSA) is 54.9 Å². The van der Waals surface area contributed by atoms with E-state index in [0.29, 0.717) is 36.3 Å². The van der Waals surface area contributed by atoms with Gasteiger partial charge in [0.15, 0.2) is 17.5 Å². The minimum Gasteiger partial charge on any atom is -0.493 e. The van der Waals surface area contributed by atoms with Crippen molar-refractivity contribution in [3.05, 3.63) is 54.1 Å². The molecule has 0 fully saturated rings. The highest BCUT2D eigenvalue weighted by molar-refractivity contribution is 14.0. The van der Waals surface area contributed by atoms with Crippen molar-refractivity contribution in [2.24, 2.45) is 4.99 Å². The molecule has 0 aromatic heterocycles. The third-order valence-corrected chi connectivity index (χ3v) is 3.69. The smallest absolute Gasteiger partial charge is 0.390 e. The first-order valence-electron chi connectivity index (χ1n) is 8.90. The Morgan fingerprint density at radius 2 is 1.66 bits per heavy atom. The van der Waals surface area contributed by atoms with E-state index in [-0.39, 0.29) is 30.5 Å². The third-order valence-electron chi connectivity index (χ3n) is 3.69. The molecule has 0 saturated heterocycles. The molecule has 0 unspecified atom stereocenters. The molecule has 2 aromatic carbocycles. The number of rotatable bonds is 8. The Hall–Kier alpha value is -2.17. The monoisotopic (exact) mass is 523 g/mol. The molecule has 160 valence electrons. The average Bonchev–Trinajstić information content (AvgIpc) is 2.66. The van der Waals surface area contributed by atoms with Crippen LogP contribution < -0.4 is 20.1 Å². The second-order valence-electron chi connectivity index (χ2n) is 5.88. The van der Waals surface area contributed by atoms with Crippen LogP contribution >= 0.6 is 24.0 Å². The molecular weight excluding hydrogens is 498 g/mol.